The first kappa shape index (κ1) is 12.6. The van der Waals surface area contributed by atoms with Gasteiger partial charge in [0, 0.05) is 17.5 Å². The van der Waals surface area contributed by atoms with Gasteiger partial charge >= 0.3 is 0 Å². The second-order valence-corrected chi connectivity index (χ2v) is 6.49. The van der Waals surface area contributed by atoms with Crippen LogP contribution in [0.15, 0.2) is 0 Å². The molecule has 2 aliphatic rings. The molecule has 2 aliphatic carbocycles. The van der Waals surface area contributed by atoms with Crippen LogP contribution in [0.4, 0.5) is 0 Å². The molecular formula is C14H22N2OS. The van der Waals surface area contributed by atoms with Gasteiger partial charge < -0.3 is 10.5 Å². The molecular weight excluding hydrogens is 244 g/mol. The van der Waals surface area contributed by atoms with Crippen molar-refractivity contribution in [1.29, 1.82) is 0 Å². The van der Waals surface area contributed by atoms with Crippen LogP contribution in [-0.2, 0) is 16.8 Å². The maximum Gasteiger partial charge on any atom is 0.125 e. The highest BCUT2D eigenvalue weighted by molar-refractivity contribution is 7.12. The molecule has 1 saturated carbocycles. The summed E-state index contributed by atoms with van der Waals surface area (Å²) in [5, 5.41) is 1.20. The lowest BCUT2D eigenvalue weighted by molar-refractivity contribution is -0.0392. The van der Waals surface area contributed by atoms with E-state index in [2.05, 4.69) is 6.92 Å². The zero-order chi connectivity index (χ0) is 12.6. The van der Waals surface area contributed by atoms with E-state index in [0.717, 1.165) is 32.3 Å². The van der Waals surface area contributed by atoms with Crippen LogP contribution in [-0.4, -0.2) is 11.6 Å². The molecule has 0 aliphatic heterocycles. The van der Waals surface area contributed by atoms with Gasteiger partial charge in [-0.15, -0.1) is 11.3 Å². The Bertz CT molecular complexity index is 423. The number of rotatable bonds is 3. The van der Waals surface area contributed by atoms with Crippen LogP contribution in [0, 0.1) is 0 Å². The summed E-state index contributed by atoms with van der Waals surface area (Å²) in [6.45, 7) is 2.86. The Hall–Kier alpha value is -0.450. The summed E-state index contributed by atoms with van der Waals surface area (Å²) < 4.78 is 6.10. The topological polar surface area (TPSA) is 48.1 Å². The molecule has 0 amide bonds. The molecule has 100 valence electrons. The van der Waals surface area contributed by atoms with Crippen molar-refractivity contribution in [2.75, 3.05) is 6.61 Å². The van der Waals surface area contributed by atoms with Gasteiger partial charge in [0.15, 0.2) is 0 Å². The van der Waals surface area contributed by atoms with Crippen molar-refractivity contribution < 1.29 is 4.74 Å². The number of aryl methyl sites for hydroxylation is 1. The predicted octanol–water partition coefficient (Wildman–Crippen LogP) is 3.29. The quantitative estimate of drug-likeness (QED) is 0.913. The number of hydrogen-bond acceptors (Lipinski definition) is 4. The lowest BCUT2D eigenvalue weighted by Crippen LogP contribution is -2.26. The highest BCUT2D eigenvalue weighted by Crippen LogP contribution is 2.46. The van der Waals surface area contributed by atoms with Gasteiger partial charge in [-0.2, -0.15) is 0 Å². The summed E-state index contributed by atoms with van der Waals surface area (Å²) in [5.74, 6) is 0. The van der Waals surface area contributed by atoms with Crippen molar-refractivity contribution in [3.63, 3.8) is 0 Å². The zero-order valence-electron chi connectivity index (χ0n) is 11.1. The molecule has 1 atom stereocenters. The van der Waals surface area contributed by atoms with Crippen LogP contribution in [0.1, 0.15) is 67.1 Å². The van der Waals surface area contributed by atoms with Crippen LogP contribution in [0.2, 0.25) is 0 Å². The van der Waals surface area contributed by atoms with E-state index < -0.39 is 0 Å². The van der Waals surface area contributed by atoms with Crippen molar-refractivity contribution in [2.45, 2.75) is 63.5 Å². The Labute approximate surface area is 113 Å². The van der Waals surface area contributed by atoms with Gasteiger partial charge in [-0.25, -0.2) is 4.98 Å². The predicted molar refractivity (Wildman–Crippen MR) is 73.8 cm³/mol. The van der Waals surface area contributed by atoms with E-state index in [9.17, 15) is 0 Å². The molecule has 0 spiro atoms. The van der Waals surface area contributed by atoms with E-state index >= 15 is 0 Å². The number of nitrogens with two attached hydrogens (primary N) is 1. The fourth-order valence-electron chi connectivity index (χ4n) is 3.29. The summed E-state index contributed by atoms with van der Waals surface area (Å²) in [4.78, 5) is 6.21. The molecule has 2 N–H and O–H groups in total. The number of ether oxygens (including phenoxy) is 1. The first-order valence-electron chi connectivity index (χ1n) is 7.15. The third kappa shape index (κ3) is 2.00. The standard InChI is InChI=1S/C14H22N2OS/c1-2-17-14(8-3-4-9-14)13-16-11-7-5-6-10(15)12(11)18-13/h10H,2-9,15H2,1H3. The molecule has 1 aromatic rings. The van der Waals surface area contributed by atoms with E-state index in [1.807, 2.05) is 11.3 Å². The smallest absolute Gasteiger partial charge is 0.125 e. The van der Waals surface area contributed by atoms with E-state index in [1.165, 1.54) is 34.8 Å². The lowest BCUT2D eigenvalue weighted by atomic mass is 9.98. The summed E-state index contributed by atoms with van der Waals surface area (Å²) in [5.41, 5.74) is 7.37. The second kappa shape index (κ2) is 4.91. The highest BCUT2D eigenvalue weighted by atomic mass is 32.1. The number of thiazole rings is 1. The van der Waals surface area contributed by atoms with Crippen LogP contribution in [0.5, 0.6) is 0 Å². The Kier molecular flexibility index (Phi) is 3.43. The van der Waals surface area contributed by atoms with E-state index in [4.69, 9.17) is 15.5 Å². The third-order valence-corrected chi connectivity index (χ3v) is 5.63. The highest BCUT2D eigenvalue weighted by Gasteiger charge is 2.40. The molecule has 1 fully saturated rings. The molecule has 0 saturated heterocycles. The maximum absolute atomic E-state index is 6.21. The van der Waals surface area contributed by atoms with Gasteiger partial charge in [-0.1, -0.05) is 12.8 Å². The fraction of sp³-hybridized carbons (Fsp3) is 0.786. The monoisotopic (exact) mass is 266 g/mol. The molecule has 3 rings (SSSR count). The van der Waals surface area contributed by atoms with E-state index in [0.29, 0.717) is 0 Å². The Balaban J connectivity index is 1.95. The molecule has 0 bridgehead atoms. The minimum absolute atomic E-state index is 0.0868. The first-order valence-corrected chi connectivity index (χ1v) is 7.96. The molecule has 1 unspecified atom stereocenters. The summed E-state index contributed by atoms with van der Waals surface area (Å²) >= 11 is 1.82. The molecule has 0 radical (unpaired) electrons. The third-order valence-electron chi connectivity index (χ3n) is 4.21. The summed E-state index contributed by atoms with van der Waals surface area (Å²) in [6, 6.07) is 0.208. The van der Waals surface area contributed by atoms with E-state index in [-0.39, 0.29) is 11.6 Å². The van der Waals surface area contributed by atoms with Crippen molar-refractivity contribution in [1.82, 2.24) is 4.98 Å². The lowest BCUT2D eigenvalue weighted by Gasteiger charge is -2.26. The van der Waals surface area contributed by atoms with Crippen LogP contribution < -0.4 is 5.73 Å². The Morgan fingerprint density at radius 1 is 1.39 bits per heavy atom. The second-order valence-electron chi connectivity index (χ2n) is 5.46. The molecule has 1 aromatic heterocycles. The largest absolute Gasteiger partial charge is 0.368 e. The Morgan fingerprint density at radius 2 is 2.17 bits per heavy atom. The average Bonchev–Trinajstić information content (AvgIpc) is 2.97. The Morgan fingerprint density at radius 3 is 2.83 bits per heavy atom. The van der Waals surface area contributed by atoms with Gasteiger partial charge in [0.25, 0.3) is 0 Å². The van der Waals surface area contributed by atoms with Gasteiger partial charge in [0.05, 0.1) is 5.69 Å². The van der Waals surface area contributed by atoms with Gasteiger partial charge in [0.1, 0.15) is 10.6 Å². The SMILES string of the molecule is CCOC1(c2nc3c(s2)C(N)CCC3)CCCC1. The number of hydrogen-bond donors (Lipinski definition) is 1. The summed E-state index contributed by atoms with van der Waals surface area (Å²) in [6.07, 6.45) is 8.16. The van der Waals surface area contributed by atoms with Crippen molar-refractivity contribution in [2.24, 2.45) is 5.73 Å². The number of aromatic nitrogens is 1. The van der Waals surface area contributed by atoms with E-state index in [1.54, 1.807) is 0 Å². The van der Waals surface area contributed by atoms with Crippen LogP contribution >= 0.6 is 11.3 Å². The normalized spacial score (nSPS) is 26.2. The number of nitrogens with zero attached hydrogens (tertiary/aromatic N) is 1. The molecule has 18 heavy (non-hydrogen) atoms. The molecule has 3 nitrogen and oxygen atoms in total. The molecule has 0 aromatic carbocycles. The number of fused-ring (bicyclic) bond motifs is 1. The fourth-order valence-corrected chi connectivity index (χ4v) is 4.64. The van der Waals surface area contributed by atoms with Crippen molar-refractivity contribution in [3.8, 4) is 0 Å². The molecule has 1 heterocycles. The first-order chi connectivity index (χ1) is 8.75. The van der Waals surface area contributed by atoms with Gasteiger partial charge in [0.2, 0.25) is 0 Å². The van der Waals surface area contributed by atoms with Gasteiger partial charge in [-0.3, -0.25) is 0 Å². The van der Waals surface area contributed by atoms with Crippen LogP contribution in [0.25, 0.3) is 0 Å². The minimum atomic E-state index is -0.0868. The average molecular weight is 266 g/mol. The zero-order valence-corrected chi connectivity index (χ0v) is 11.9. The summed E-state index contributed by atoms with van der Waals surface area (Å²) in [7, 11) is 0. The van der Waals surface area contributed by atoms with Gasteiger partial charge in [-0.05, 0) is 39.0 Å². The maximum atomic E-state index is 6.21. The van der Waals surface area contributed by atoms with Crippen molar-refractivity contribution >= 4 is 11.3 Å². The minimum Gasteiger partial charge on any atom is -0.368 e. The molecule has 4 heteroatoms. The van der Waals surface area contributed by atoms with Crippen LogP contribution in [0.3, 0.4) is 0 Å². The van der Waals surface area contributed by atoms with Crippen molar-refractivity contribution in [3.05, 3.63) is 15.6 Å².